The summed E-state index contributed by atoms with van der Waals surface area (Å²) in [6.45, 7) is 1.52. The highest BCUT2D eigenvalue weighted by Gasteiger charge is 2.29. The van der Waals surface area contributed by atoms with Gasteiger partial charge in [0.2, 0.25) is 9.84 Å². The monoisotopic (exact) mass is 362 g/mol. The minimum absolute atomic E-state index is 0.0480. The van der Waals surface area contributed by atoms with Gasteiger partial charge < -0.3 is 5.11 Å². The molecule has 0 unspecified atom stereocenters. The standard InChI is InChI=1S/C13H11ClO4S3/c1-7-10(12(15)16)20-13(19-2)11(7)21(17,18)9-5-3-8(14)4-6-9/h3-6H,1-2H3,(H,15,16). The molecule has 0 amide bonds. The topological polar surface area (TPSA) is 71.4 Å². The zero-order chi connectivity index (χ0) is 15.8. The van der Waals surface area contributed by atoms with E-state index in [4.69, 9.17) is 16.7 Å². The van der Waals surface area contributed by atoms with E-state index in [-0.39, 0.29) is 20.2 Å². The molecule has 0 aliphatic heterocycles. The van der Waals surface area contributed by atoms with E-state index in [0.717, 1.165) is 11.3 Å². The molecule has 0 spiro atoms. The van der Waals surface area contributed by atoms with Crippen LogP contribution in [0, 0.1) is 6.92 Å². The lowest BCUT2D eigenvalue weighted by atomic mass is 10.3. The van der Waals surface area contributed by atoms with Gasteiger partial charge in [-0.1, -0.05) is 11.6 Å². The largest absolute Gasteiger partial charge is 0.477 e. The van der Waals surface area contributed by atoms with Crippen LogP contribution in [-0.4, -0.2) is 25.7 Å². The van der Waals surface area contributed by atoms with Crippen molar-refractivity contribution in [2.75, 3.05) is 6.26 Å². The van der Waals surface area contributed by atoms with Crippen LogP contribution in [0.3, 0.4) is 0 Å². The van der Waals surface area contributed by atoms with Crippen molar-refractivity contribution in [3.05, 3.63) is 39.7 Å². The molecule has 0 saturated carbocycles. The summed E-state index contributed by atoms with van der Waals surface area (Å²) in [7, 11) is -3.77. The van der Waals surface area contributed by atoms with Crippen LogP contribution in [0.5, 0.6) is 0 Å². The van der Waals surface area contributed by atoms with Crippen LogP contribution in [0.1, 0.15) is 15.2 Å². The number of carboxylic acids is 1. The molecule has 0 aliphatic carbocycles. The minimum atomic E-state index is -3.77. The van der Waals surface area contributed by atoms with Gasteiger partial charge in [-0.25, -0.2) is 13.2 Å². The number of benzene rings is 1. The van der Waals surface area contributed by atoms with Crippen molar-refractivity contribution in [1.82, 2.24) is 0 Å². The normalized spacial score (nSPS) is 11.6. The quantitative estimate of drug-likeness (QED) is 0.833. The number of carbonyl (C=O) groups is 1. The average Bonchev–Trinajstić information content (AvgIpc) is 2.77. The lowest BCUT2D eigenvalue weighted by Crippen LogP contribution is -2.05. The summed E-state index contributed by atoms with van der Waals surface area (Å²) in [5, 5.41) is 9.60. The zero-order valence-corrected chi connectivity index (χ0v) is 14.3. The number of hydrogen-bond donors (Lipinski definition) is 1. The molecule has 0 saturated heterocycles. The van der Waals surface area contributed by atoms with E-state index in [1.165, 1.54) is 43.0 Å². The van der Waals surface area contributed by atoms with E-state index in [1.54, 1.807) is 6.26 Å². The lowest BCUT2D eigenvalue weighted by Gasteiger charge is -2.06. The van der Waals surface area contributed by atoms with Crippen molar-refractivity contribution < 1.29 is 18.3 Å². The molecule has 1 N–H and O–H groups in total. The Balaban J connectivity index is 2.70. The van der Waals surface area contributed by atoms with Crippen molar-refractivity contribution >= 4 is 50.5 Å². The number of thiophene rings is 1. The smallest absolute Gasteiger partial charge is 0.346 e. The highest BCUT2D eigenvalue weighted by molar-refractivity contribution is 8.01. The first kappa shape index (κ1) is 16.4. The van der Waals surface area contributed by atoms with Crippen LogP contribution < -0.4 is 0 Å². The Morgan fingerprint density at radius 1 is 1.29 bits per heavy atom. The summed E-state index contributed by atoms with van der Waals surface area (Å²) in [5.41, 5.74) is 0.270. The maximum absolute atomic E-state index is 12.7. The molecule has 2 aromatic rings. The SMILES string of the molecule is CSc1sc(C(=O)O)c(C)c1S(=O)(=O)c1ccc(Cl)cc1. The molecule has 1 aromatic carbocycles. The van der Waals surface area contributed by atoms with E-state index in [9.17, 15) is 13.2 Å². The Labute approximate surface area is 135 Å². The van der Waals surface area contributed by atoms with Gasteiger partial charge in [-0.15, -0.1) is 23.1 Å². The fourth-order valence-electron chi connectivity index (χ4n) is 1.85. The summed E-state index contributed by atoms with van der Waals surface area (Å²) >= 11 is 7.97. The van der Waals surface area contributed by atoms with E-state index in [1.807, 2.05) is 0 Å². The van der Waals surface area contributed by atoms with Gasteiger partial charge >= 0.3 is 5.97 Å². The highest BCUT2D eigenvalue weighted by atomic mass is 35.5. The van der Waals surface area contributed by atoms with Gasteiger partial charge in [0.05, 0.1) is 14.0 Å². The van der Waals surface area contributed by atoms with E-state index in [0.29, 0.717) is 9.23 Å². The Morgan fingerprint density at radius 3 is 2.33 bits per heavy atom. The Kier molecular flexibility index (Phi) is 4.67. The first-order chi connectivity index (χ1) is 9.78. The maximum Gasteiger partial charge on any atom is 0.346 e. The lowest BCUT2D eigenvalue weighted by molar-refractivity contribution is 0.0701. The van der Waals surface area contributed by atoms with Crippen molar-refractivity contribution in [3.8, 4) is 0 Å². The fourth-order valence-corrected chi connectivity index (χ4v) is 6.23. The molecule has 0 atom stereocenters. The Hall–Kier alpha value is -1.02. The van der Waals surface area contributed by atoms with E-state index >= 15 is 0 Å². The van der Waals surface area contributed by atoms with Crippen molar-refractivity contribution in [3.63, 3.8) is 0 Å². The summed E-state index contributed by atoms with van der Waals surface area (Å²) in [6.07, 6.45) is 1.72. The second-order valence-corrected chi connectivity index (χ2v) is 8.56. The highest BCUT2D eigenvalue weighted by Crippen LogP contribution is 2.40. The van der Waals surface area contributed by atoms with Crippen LogP contribution in [0.25, 0.3) is 0 Å². The van der Waals surface area contributed by atoms with Crippen LogP contribution in [0.15, 0.2) is 38.3 Å². The fraction of sp³-hybridized carbons (Fsp3) is 0.154. The molecule has 21 heavy (non-hydrogen) atoms. The van der Waals surface area contributed by atoms with Crippen LogP contribution in [0.2, 0.25) is 5.02 Å². The number of carboxylic acid groups (broad SMARTS) is 1. The van der Waals surface area contributed by atoms with Crippen molar-refractivity contribution in [1.29, 1.82) is 0 Å². The predicted molar refractivity (Wildman–Crippen MR) is 84.7 cm³/mol. The molecule has 0 aliphatic rings. The molecule has 0 fully saturated rings. The van der Waals surface area contributed by atoms with Crippen LogP contribution in [0.4, 0.5) is 0 Å². The van der Waals surface area contributed by atoms with Crippen molar-refractivity contribution in [2.24, 2.45) is 0 Å². The number of sulfone groups is 1. The molecule has 112 valence electrons. The number of hydrogen-bond acceptors (Lipinski definition) is 5. The van der Waals surface area contributed by atoms with Gasteiger partial charge in [-0.3, -0.25) is 0 Å². The van der Waals surface area contributed by atoms with Gasteiger partial charge in [-0.2, -0.15) is 0 Å². The number of aromatic carboxylic acids is 1. The van der Waals surface area contributed by atoms with Gasteiger partial charge in [0, 0.05) is 5.02 Å². The summed E-state index contributed by atoms with van der Waals surface area (Å²) in [4.78, 5) is 11.4. The third-order valence-corrected chi connectivity index (χ3v) is 7.68. The molecule has 0 bridgehead atoms. The zero-order valence-electron chi connectivity index (χ0n) is 11.1. The summed E-state index contributed by atoms with van der Waals surface area (Å²) in [6, 6.07) is 5.82. The summed E-state index contributed by atoms with van der Waals surface area (Å²) < 4.78 is 25.9. The second-order valence-electron chi connectivity index (χ2n) is 4.14. The van der Waals surface area contributed by atoms with Crippen LogP contribution in [-0.2, 0) is 9.84 Å². The molecular weight excluding hydrogens is 352 g/mol. The first-order valence-electron chi connectivity index (χ1n) is 5.70. The Bertz CT molecular complexity index is 792. The van der Waals surface area contributed by atoms with Gasteiger partial charge in [0.1, 0.15) is 4.88 Å². The molecule has 1 aromatic heterocycles. The number of thioether (sulfide) groups is 1. The minimum Gasteiger partial charge on any atom is -0.477 e. The van der Waals surface area contributed by atoms with Gasteiger partial charge in [0.15, 0.2) is 0 Å². The van der Waals surface area contributed by atoms with Crippen LogP contribution >= 0.6 is 34.7 Å². The second kappa shape index (κ2) is 6.00. The average molecular weight is 363 g/mol. The Morgan fingerprint density at radius 2 is 1.86 bits per heavy atom. The molecular formula is C13H11ClO4S3. The van der Waals surface area contributed by atoms with Gasteiger partial charge in [0.25, 0.3) is 0 Å². The maximum atomic E-state index is 12.7. The molecule has 2 rings (SSSR count). The first-order valence-corrected chi connectivity index (χ1v) is 9.60. The predicted octanol–water partition coefficient (Wildman–Crippen LogP) is 3.96. The van der Waals surface area contributed by atoms with Crippen molar-refractivity contribution in [2.45, 2.75) is 20.9 Å². The molecule has 1 heterocycles. The van der Waals surface area contributed by atoms with Gasteiger partial charge in [-0.05, 0) is 43.0 Å². The molecule has 8 heteroatoms. The third kappa shape index (κ3) is 2.96. The third-order valence-electron chi connectivity index (χ3n) is 2.83. The van der Waals surface area contributed by atoms with E-state index < -0.39 is 15.8 Å². The number of halogens is 1. The summed E-state index contributed by atoms with van der Waals surface area (Å²) in [5.74, 6) is -1.12. The number of rotatable bonds is 4. The van der Waals surface area contributed by atoms with E-state index in [2.05, 4.69) is 0 Å². The molecule has 0 radical (unpaired) electrons. The molecule has 4 nitrogen and oxygen atoms in total.